The maximum Gasteiger partial charge on any atom is 0.490 e. The fraction of sp³-hybridized carbons (Fsp3) is 0.476. The molecule has 2 aromatic rings. The maximum absolute atomic E-state index is 13.8. The van der Waals surface area contributed by atoms with Gasteiger partial charge in [0.05, 0.1) is 5.69 Å². The highest BCUT2D eigenvalue weighted by molar-refractivity contribution is 5.90. The number of aromatic nitrogens is 1. The van der Waals surface area contributed by atoms with E-state index in [9.17, 15) is 31.1 Å². The predicted octanol–water partition coefficient (Wildman–Crippen LogP) is 3.76. The van der Waals surface area contributed by atoms with Gasteiger partial charge in [-0.3, -0.25) is 9.69 Å². The predicted molar refractivity (Wildman–Crippen MR) is 104 cm³/mol. The summed E-state index contributed by atoms with van der Waals surface area (Å²) in [5.74, 6) is -3.53. The number of hydrogen-bond acceptors (Lipinski definition) is 5. The minimum absolute atomic E-state index is 0.0268. The molecule has 34 heavy (non-hydrogen) atoms. The van der Waals surface area contributed by atoms with Crippen LogP contribution in [0.2, 0.25) is 0 Å². The Morgan fingerprint density at radius 3 is 2.56 bits per heavy atom. The number of hydrogen-bond donors (Lipinski definition) is 2. The third-order valence-electron chi connectivity index (χ3n) is 5.35. The third-order valence-corrected chi connectivity index (χ3v) is 5.35. The molecule has 13 heteroatoms. The number of alkyl halides is 4. The standard InChI is InChI=1S/C19H20F3N3O2.C2HF3O2/c20-12-2-4-15(22)11(7-12)9-25-6-5-17-16(10-25)24-19(27-17)18(26)23-14-3-1-13(21)8-14;3-2(4,5)1(6)7/h2,4,7,13-14H,1,3,5-6,8-10H2,(H,23,26);(H,6,7)/t13-,14-;/m1./s1. The number of carbonyl (C=O) groups excluding carboxylic acids is 1. The molecule has 2 N–H and O–H groups in total. The number of carboxylic acids is 1. The summed E-state index contributed by atoms with van der Waals surface area (Å²) < 4.78 is 77.7. The van der Waals surface area contributed by atoms with E-state index in [-0.39, 0.29) is 24.0 Å². The van der Waals surface area contributed by atoms with E-state index in [1.807, 2.05) is 4.90 Å². The van der Waals surface area contributed by atoms with Crippen LogP contribution in [0, 0.1) is 11.6 Å². The molecule has 2 atom stereocenters. The molecule has 1 aliphatic heterocycles. The lowest BCUT2D eigenvalue weighted by Gasteiger charge is -2.25. The Morgan fingerprint density at radius 2 is 1.94 bits per heavy atom. The number of nitrogens with one attached hydrogen (secondary N) is 1. The van der Waals surface area contributed by atoms with Gasteiger partial charge in [0.25, 0.3) is 5.89 Å². The molecule has 1 aliphatic carbocycles. The summed E-state index contributed by atoms with van der Waals surface area (Å²) in [6, 6.07) is 3.20. The van der Waals surface area contributed by atoms with Gasteiger partial charge in [0, 0.05) is 37.7 Å². The average molecular weight is 493 g/mol. The van der Waals surface area contributed by atoms with Crippen molar-refractivity contribution in [2.24, 2.45) is 0 Å². The first-order chi connectivity index (χ1) is 15.9. The van der Waals surface area contributed by atoms with E-state index in [1.165, 1.54) is 6.07 Å². The number of benzene rings is 1. The van der Waals surface area contributed by atoms with E-state index in [4.69, 9.17) is 14.3 Å². The second-order valence-corrected chi connectivity index (χ2v) is 7.97. The molecule has 1 fully saturated rings. The van der Waals surface area contributed by atoms with Crippen molar-refractivity contribution in [2.45, 2.75) is 57.2 Å². The number of amides is 1. The van der Waals surface area contributed by atoms with Crippen molar-refractivity contribution in [3.8, 4) is 0 Å². The maximum atomic E-state index is 13.8. The summed E-state index contributed by atoms with van der Waals surface area (Å²) in [5.41, 5.74) is 0.903. The number of aliphatic carboxylic acids is 1. The Hall–Kier alpha value is -3.09. The molecule has 4 rings (SSSR count). The molecule has 2 heterocycles. The SMILES string of the molecule is O=C(N[C@@H]1CC[C@@H](F)C1)c1nc2c(o1)CCN(Cc1cc(F)ccc1F)C2.O=C(O)C(F)(F)F. The van der Waals surface area contributed by atoms with E-state index >= 15 is 0 Å². The van der Waals surface area contributed by atoms with Crippen molar-refractivity contribution in [1.29, 1.82) is 0 Å². The van der Waals surface area contributed by atoms with Gasteiger partial charge in [0.15, 0.2) is 0 Å². The Bertz CT molecular complexity index is 1040. The summed E-state index contributed by atoms with van der Waals surface area (Å²) in [4.78, 5) is 27.4. The van der Waals surface area contributed by atoms with E-state index in [0.29, 0.717) is 50.2 Å². The Kier molecular flexibility index (Phi) is 7.85. The van der Waals surface area contributed by atoms with Gasteiger partial charge < -0.3 is 14.8 Å². The van der Waals surface area contributed by atoms with Crippen molar-refractivity contribution < 1.29 is 45.5 Å². The van der Waals surface area contributed by atoms with Crippen LogP contribution in [0.1, 0.15) is 47.0 Å². The van der Waals surface area contributed by atoms with Gasteiger partial charge in [0.2, 0.25) is 0 Å². The van der Waals surface area contributed by atoms with Gasteiger partial charge in [-0.2, -0.15) is 13.2 Å². The van der Waals surface area contributed by atoms with Crippen LogP contribution in [0.4, 0.5) is 26.3 Å². The molecule has 0 spiro atoms. The summed E-state index contributed by atoms with van der Waals surface area (Å²) >= 11 is 0. The van der Waals surface area contributed by atoms with Crippen LogP contribution in [0.5, 0.6) is 0 Å². The lowest BCUT2D eigenvalue weighted by molar-refractivity contribution is -0.192. The fourth-order valence-corrected chi connectivity index (χ4v) is 3.69. The first kappa shape index (κ1) is 25.5. The van der Waals surface area contributed by atoms with Crippen molar-refractivity contribution in [2.75, 3.05) is 6.54 Å². The monoisotopic (exact) mass is 493 g/mol. The van der Waals surface area contributed by atoms with E-state index in [1.54, 1.807) is 0 Å². The zero-order valence-corrected chi connectivity index (χ0v) is 17.7. The highest BCUT2D eigenvalue weighted by atomic mass is 19.4. The minimum Gasteiger partial charge on any atom is -0.475 e. The number of nitrogens with zero attached hydrogens (tertiary/aromatic N) is 2. The molecule has 1 saturated carbocycles. The zero-order valence-electron chi connectivity index (χ0n) is 17.7. The summed E-state index contributed by atoms with van der Waals surface area (Å²) in [6.45, 7) is 1.22. The molecule has 186 valence electrons. The molecule has 0 unspecified atom stereocenters. The first-order valence-corrected chi connectivity index (χ1v) is 10.3. The Balaban J connectivity index is 0.000000406. The van der Waals surface area contributed by atoms with Crippen LogP contribution in [0.3, 0.4) is 0 Å². The largest absolute Gasteiger partial charge is 0.490 e. The highest BCUT2D eigenvalue weighted by Gasteiger charge is 2.38. The van der Waals surface area contributed by atoms with Crippen molar-refractivity contribution in [1.82, 2.24) is 15.2 Å². The van der Waals surface area contributed by atoms with Crippen LogP contribution < -0.4 is 5.32 Å². The second-order valence-electron chi connectivity index (χ2n) is 7.97. The normalized spacial score (nSPS) is 20.3. The summed E-state index contributed by atoms with van der Waals surface area (Å²) in [5, 5.41) is 9.88. The van der Waals surface area contributed by atoms with Gasteiger partial charge >= 0.3 is 18.1 Å². The van der Waals surface area contributed by atoms with E-state index in [2.05, 4.69) is 10.3 Å². The van der Waals surface area contributed by atoms with Crippen molar-refractivity contribution in [3.63, 3.8) is 0 Å². The van der Waals surface area contributed by atoms with Crippen LogP contribution in [-0.4, -0.2) is 51.8 Å². The van der Waals surface area contributed by atoms with Crippen LogP contribution in [0.15, 0.2) is 22.6 Å². The molecule has 1 aromatic carbocycles. The number of carbonyl (C=O) groups is 2. The number of halogens is 6. The molecule has 2 aliphatic rings. The summed E-state index contributed by atoms with van der Waals surface area (Å²) in [6.07, 6.45) is -4.04. The quantitative estimate of drug-likeness (QED) is 0.630. The Morgan fingerprint density at radius 1 is 1.24 bits per heavy atom. The third kappa shape index (κ3) is 6.72. The minimum atomic E-state index is -5.08. The second kappa shape index (κ2) is 10.5. The number of fused-ring (bicyclic) bond motifs is 1. The zero-order chi connectivity index (χ0) is 25.0. The van der Waals surface area contributed by atoms with Crippen LogP contribution in [0.25, 0.3) is 0 Å². The molecule has 0 bridgehead atoms. The smallest absolute Gasteiger partial charge is 0.475 e. The first-order valence-electron chi connectivity index (χ1n) is 10.3. The molecule has 0 radical (unpaired) electrons. The fourth-order valence-electron chi connectivity index (χ4n) is 3.69. The lowest BCUT2D eigenvalue weighted by atomic mass is 10.1. The summed E-state index contributed by atoms with van der Waals surface area (Å²) in [7, 11) is 0. The number of carboxylic acid groups (broad SMARTS) is 1. The Labute approximate surface area is 189 Å². The molecule has 7 nitrogen and oxygen atoms in total. The molecule has 0 saturated heterocycles. The van der Waals surface area contributed by atoms with Gasteiger partial charge in [-0.05, 0) is 37.5 Å². The number of rotatable bonds is 4. The topological polar surface area (TPSA) is 95.7 Å². The van der Waals surface area contributed by atoms with Gasteiger partial charge in [-0.1, -0.05) is 0 Å². The molecule has 1 amide bonds. The van der Waals surface area contributed by atoms with E-state index < -0.39 is 35.9 Å². The van der Waals surface area contributed by atoms with E-state index in [0.717, 1.165) is 12.1 Å². The van der Waals surface area contributed by atoms with Gasteiger partial charge in [0.1, 0.15) is 23.6 Å². The molecular formula is C21H21F6N3O4. The van der Waals surface area contributed by atoms with Crippen molar-refractivity contribution >= 4 is 11.9 Å². The average Bonchev–Trinajstić information content (AvgIpc) is 3.36. The lowest BCUT2D eigenvalue weighted by Crippen LogP contribution is -2.33. The van der Waals surface area contributed by atoms with Crippen LogP contribution in [-0.2, 0) is 24.3 Å². The van der Waals surface area contributed by atoms with Crippen LogP contribution >= 0.6 is 0 Å². The van der Waals surface area contributed by atoms with Crippen molar-refractivity contribution in [3.05, 3.63) is 52.7 Å². The molecule has 1 aromatic heterocycles. The molecular weight excluding hydrogens is 472 g/mol. The van der Waals surface area contributed by atoms with Gasteiger partial charge in [-0.15, -0.1) is 0 Å². The van der Waals surface area contributed by atoms with Gasteiger partial charge in [-0.25, -0.2) is 22.9 Å². The highest BCUT2D eigenvalue weighted by Crippen LogP contribution is 2.24. The number of oxazole rings is 1.